The van der Waals surface area contributed by atoms with Gasteiger partial charge < -0.3 is 10.2 Å². The van der Waals surface area contributed by atoms with Crippen molar-refractivity contribution < 1.29 is 4.79 Å². The normalized spacial score (nSPS) is 18.4. The van der Waals surface area contributed by atoms with Crippen molar-refractivity contribution in [3.63, 3.8) is 0 Å². The predicted molar refractivity (Wildman–Crippen MR) is 111 cm³/mol. The predicted octanol–water partition coefficient (Wildman–Crippen LogP) is 5.14. The summed E-state index contributed by atoms with van der Waals surface area (Å²) >= 11 is 1.60. The molecule has 1 fully saturated rings. The highest BCUT2D eigenvalue weighted by molar-refractivity contribution is 7.98. The van der Waals surface area contributed by atoms with Gasteiger partial charge in [0.25, 0.3) is 5.91 Å². The molecule has 1 aliphatic rings. The molecule has 0 spiro atoms. The number of carbonyl (C=O) groups excluding carboxylic acids is 1. The van der Waals surface area contributed by atoms with Crippen LogP contribution in [0, 0.1) is 5.92 Å². The van der Waals surface area contributed by atoms with Crippen molar-refractivity contribution >= 4 is 23.4 Å². The van der Waals surface area contributed by atoms with Gasteiger partial charge in [0.2, 0.25) is 0 Å². The molecule has 3 rings (SSSR count). The summed E-state index contributed by atoms with van der Waals surface area (Å²) in [6.07, 6.45) is 4.59. The first-order valence-corrected chi connectivity index (χ1v) is 10.6. The van der Waals surface area contributed by atoms with Crippen LogP contribution >= 0.6 is 11.8 Å². The first-order chi connectivity index (χ1) is 12.6. The monoisotopic (exact) mass is 368 g/mol. The molecule has 0 saturated carbocycles. The van der Waals surface area contributed by atoms with Crippen LogP contribution in [0.3, 0.4) is 0 Å². The molecule has 26 heavy (non-hydrogen) atoms. The van der Waals surface area contributed by atoms with Gasteiger partial charge in [-0.2, -0.15) is 0 Å². The molecule has 1 heterocycles. The zero-order valence-electron chi connectivity index (χ0n) is 15.9. The van der Waals surface area contributed by atoms with Crippen LogP contribution in [-0.2, 0) is 0 Å². The molecular formula is C22H28N2OS. The highest BCUT2D eigenvalue weighted by Gasteiger charge is 2.18. The molecule has 2 aromatic rings. The largest absolute Gasteiger partial charge is 0.371 e. The molecule has 1 saturated heterocycles. The number of benzene rings is 2. The summed E-state index contributed by atoms with van der Waals surface area (Å²) in [5.74, 6) is 0.745. The molecule has 2 aromatic carbocycles. The Morgan fingerprint density at radius 1 is 1.19 bits per heavy atom. The third kappa shape index (κ3) is 4.42. The van der Waals surface area contributed by atoms with E-state index in [9.17, 15) is 4.79 Å². The van der Waals surface area contributed by atoms with E-state index < -0.39 is 0 Å². The van der Waals surface area contributed by atoms with Crippen molar-refractivity contribution in [3.8, 4) is 0 Å². The zero-order valence-corrected chi connectivity index (χ0v) is 16.7. The van der Waals surface area contributed by atoms with Crippen LogP contribution in [0.25, 0.3) is 0 Å². The van der Waals surface area contributed by atoms with Gasteiger partial charge in [0.1, 0.15) is 0 Å². The summed E-state index contributed by atoms with van der Waals surface area (Å²) in [6, 6.07) is 16.4. The van der Waals surface area contributed by atoms with E-state index in [1.54, 1.807) is 11.8 Å². The fraction of sp³-hybridized carbons (Fsp3) is 0.409. The second kappa shape index (κ2) is 8.63. The number of nitrogens with one attached hydrogen (secondary N) is 1. The second-order valence-electron chi connectivity index (χ2n) is 7.18. The zero-order chi connectivity index (χ0) is 18.5. The standard InChI is InChI=1S/C22H28N2OS/c1-16-7-6-14-24(15-16)19-12-10-18(11-13-19)17(2)23-22(25)20-8-4-5-9-21(20)26-3/h4-5,8-13,16-17H,6-7,14-15H2,1-3H3,(H,23,25)/t16-,17-/m0/s1. The van der Waals surface area contributed by atoms with E-state index in [4.69, 9.17) is 0 Å². The average molecular weight is 369 g/mol. The Hall–Kier alpha value is -1.94. The van der Waals surface area contributed by atoms with Crippen molar-refractivity contribution in [2.75, 3.05) is 24.2 Å². The number of carbonyl (C=O) groups is 1. The lowest BCUT2D eigenvalue weighted by Gasteiger charge is -2.33. The van der Waals surface area contributed by atoms with Gasteiger partial charge in [0, 0.05) is 23.7 Å². The molecule has 1 N–H and O–H groups in total. The quantitative estimate of drug-likeness (QED) is 0.742. The van der Waals surface area contributed by atoms with Crippen LogP contribution in [0.4, 0.5) is 5.69 Å². The van der Waals surface area contributed by atoms with E-state index in [-0.39, 0.29) is 11.9 Å². The topological polar surface area (TPSA) is 32.3 Å². The molecule has 0 aromatic heterocycles. The molecule has 3 nitrogen and oxygen atoms in total. The Bertz CT molecular complexity index is 744. The summed E-state index contributed by atoms with van der Waals surface area (Å²) in [7, 11) is 0. The van der Waals surface area contributed by atoms with Gasteiger partial charge in [-0.15, -0.1) is 11.8 Å². The van der Waals surface area contributed by atoms with E-state index >= 15 is 0 Å². The van der Waals surface area contributed by atoms with Gasteiger partial charge in [-0.1, -0.05) is 31.2 Å². The number of hydrogen-bond donors (Lipinski definition) is 1. The smallest absolute Gasteiger partial charge is 0.252 e. The summed E-state index contributed by atoms with van der Waals surface area (Å²) < 4.78 is 0. The maximum Gasteiger partial charge on any atom is 0.252 e. The van der Waals surface area contributed by atoms with Crippen molar-refractivity contribution in [2.45, 2.75) is 37.6 Å². The molecule has 138 valence electrons. The molecular weight excluding hydrogens is 340 g/mol. The SMILES string of the molecule is CSc1ccccc1C(=O)N[C@@H](C)c1ccc(N2CCC[C@H](C)C2)cc1. The van der Waals surface area contributed by atoms with Gasteiger partial charge in [0.15, 0.2) is 0 Å². The van der Waals surface area contributed by atoms with Gasteiger partial charge in [0.05, 0.1) is 11.6 Å². The number of amides is 1. The van der Waals surface area contributed by atoms with Crippen molar-refractivity contribution in [3.05, 3.63) is 59.7 Å². The summed E-state index contributed by atoms with van der Waals surface area (Å²) in [5.41, 5.74) is 3.16. The van der Waals surface area contributed by atoms with Gasteiger partial charge in [-0.25, -0.2) is 0 Å². The lowest BCUT2D eigenvalue weighted by molar-refractivity contribution is 0.0937. The number of hydrogen-bond acceptors (Lipinski definition) is 3. The number of nitrogens with zero attached hydrogens (tertiary/aromatic N) is 1. The lowest BCUT2D eigenvalue weighted by Crippen LogP contribution is -2.34. The average Bonchev–Trinajstić information content (AvgIpc) is 2.68. The molecule has 0 bridgehead atoms. The third-order valence-corrected chi connectivity index (χ3v) is 5.91. The van der Waals surface area contributed by atoms with Crippen LogP contribution < -0.4 is 10.2 Å². The second-order valence-corrected chi connectivity index (χ2v) is 8.03. The van der Waals surface area contributed by atoms with Crippen LogP contribution in [0.2, 0.25) is 0 Å². The van der Waals surface area contributed by atoms with Crippen LogP contribution in [0.15, 0.2) is 53.4 Å². The molecule has 0 radical (unpaired) electrons. The maximum atomic E-state index is 12.6. The maximum absolute atomic E-state index is 12.6. The van der Waals surface area contributed by atoms with Crippen LogP contribution in [0.5, 0.6) is 0 Å². The molecule has 2 atom stereocenters. The minimum atomic E-state index is -0.0215. The molecule has 0 aliphatic carbocycles. The van der Waals surface area contributed by atoms with E-state index in [1.807, 2.05) is 37.4 Å². The Morgan fingerprint density at radius 3 is 2.62 bits per heavy atom. The van der Waals surface area contributed by atoms with E-state index in [1.165, 1.54) is 18.5 Å². The summed E-state index contributed by atoms with van der Waals surface area (Å²) in [5, 5.41) is 3.13. The van der Waals surface area contributed by atoms with Crippen molar-refractivity contribution in [1.82, 2.24) is 5.32 Å². The Balaban J connectivity index is 1.66. The molecule has 1 aliphatic heterocycles. The molecule has 0 unspecified atom stereocenters. The number of thioether (sulfide) groups is 1. The number of anilines is 1. The van der Waals surface area contributed by atoms with Gasteiger partial charge in [-0.3, -0.25) is 4.79 Å². The Kier molecular flexibility index (Phi) is 6.25. The minimum Gasteiger partial charge on any atom is -0.371 e. The summed E-state index contributed by atoms with van der Waals surface area (Å²) in [4.78, 5) is 16.1. The first kappa shape index (κ1) is 18.8. The van der Waals surface area contributed by atoms with Crippen molar-refractivity contribution in [1.29, 1.82) is 0 Å². The molecule has 1 amide bonds. The van der Waals surface area contributed by atoms with E-state index in [0.717, 1.165) is 35.0 Å². The van der Waals surface area contributed by atoms with Crippen molar-refractivity contribution in [2.24, 2.45) is 5.92 Å². The fourth-order valence-corrected chi connectivity index (χ4v) is 4.18. The summed E-state index contributed by atoms with van der Waals surface area (Å²) in [6.45, 7) is 6.64. The fourth-order valence-electron chi connectivity index (χ4n) is 3.59. The van der Waals surface area contributed by atoms with E-state index in [0.29, 0.717) is 0 Å². The molecule has 4 heteroatoms. The first-order valence-electron chi connectivity index (χ1n) is 9.37. The third-order valence-electron chi connectivity index (χ3n) is 5.11. The number of rotatable bonds is 5. The Morgan fingerprint density at radius 2 is 1.92 bits per heavy atom. The van der Waals surface area contributed by atoms with E-state index in [2.05, 4.69) is 41.4 Å². The Labute approximate surface area is 161 Å². The minimum absolute atomic E-state index is 0.0172. The number of piperidine rings is 1. The van der Waals surface area contributed by atoms with Crippen LogP contribution in [0.1, 0.15) is 48.7 Å². The van der Waals surface area contributed by atoms with Crippen LogP contribution in [-0.4, -0.2) is 25.3 Å². The highest BCUT2D eigenvalue weighted by atomic mass is 32.2. The highest BCUT2D eigenvalue weighted by Crippen LogP contribution is 2.25. The lowest BCUT2D eigenvalue weighted by atomic mass is 9.99. The van der Waals surface area contributed by atoms with Gasteiger partial charge in [-0.05, 0) is 61.8 Å². The van der Waals surface area contributed by atoms with Gasteiger partial charge >= 0.3 is 0 Å².